The maximum absolute atomic E-state index is 14.0. The average Bonchev–Trinajstić information content (AvgIpc) is 3.26. The fourth-order valence-corrected chi connectivity index (χ4v) is 5.10. The van der Waals surface area contributed by atoms with Crippen molar-refractivity contribution in [2.24, 2.45) is 0 Å². The van der Waals surface area contributed by atoms with Crippen LogP contribution in [0.15, 0.2) is 29.6 Å². The minimum absolute atomic E-state index is 0.00571. The van der Waals surface area contributed by atoms with Crippen molar-refractivity contribution in [2.45, 2.75) is 106 Å². The fourth-order valence-electron chi connectivity index (χ4n) is 5.10. The Bertz CT molecular complexity index is 1310. The molecular formula is C32H49N5O. The van der Waals surface area contributed by atoms with Crippen molar-refractivity contribution in [3.63, 3.8) is 0 Å². The standard InChI is InChI=1S/C32H49N5O/c1-10-14-15-16-17-18-25-29(32(8,9)11-2)34-30-28(27(22(5)6)35-37(30)31(25)38)33-26-20-19-24(21-23(26)7)36(12-3)13-4/h19-21,33,35H,5,10-18H2,1-4,6-9H3. The van der Waals surface area contributed by atoms with E-state index in [1.54, 1.807) is 4.52 Å². The normalized spacial score (nSPS) is 11.8. The van der Waals surface area contributed by atoms with E-state index in [2.05, 4.69) is 88.6 Å². The monoisotopic (exact) mass is 519 g/mol. The number of hydrogen-bond acceptors (Lipinski definition) is 4. The Balaban J connectivity index is 2.14. The van der Waals surface area contributed by atoms with Crippen molar-refractivity contribution < 1.29 is 0 Å². The molecule has 2 heterocycles. The zero-order valence-corrected chi connectivity index (χ0v) is 25.1. The van der Waals surface area contributed by atoms with Crippen LogP contribution < -0.4 is 15.8 Å². The number of aryl methyl sites for hydroxylation is 1. The average molecular weight is 520 g/mol. The van der Waals surface area contributed by atoms with Gasteiger partial charge in [0, 0.05) is 35.4 Å². The van der Waals surface area contributed by atoms with Gasteiger partial charge in [-0.05, 0) is 76.3 Å². The molecule has 0 unspecified atom stereocenters. The van der Waals surface area contributed by atoms with E-state index in [0.29, 0.717) is 5.65 Å². The molecule has 2 aromatic heterocycles. The topological polar surface area (TPSA) is 65.4 Å². The van der Waals surface area contributed by atoms with Gasteiger partial charge in [0.1, 0.15) is 5.69 Å². The van der Waals surface area contributed by atoms with Crippen LogP contribution in [-0.2, 0) is 11.8 Å². The molecule has 0 amide bonds. The number of rotatable bonds is 14. The highest BCUT2D eigenvalue weighted by Gasteiger charge is 2.28. The Morgan fingerprint density at radius 2 is 1.79 bits per heavy atom. The molecule has 0 atom stereocenters. The Hall–Kier alpha value is -3.02. The number of anilines is 3. The summed E-state index contributed by atoms with van der Waals surface area (Å²) in [7, 11) is 0. The molecule has 208 valence electrons. The lowest BCUT2D eigenvalue weighted by Gasteiger charge is -2.25. The molecule has 1 aromatic carbocycles. The first-order valence-corrected chi connectivity index (χ1v) is 14.6. The van der Waals surface area contributed by atoms with Gasteiger partial charge in [-0.25, -0.2) is 4.98 Å². The third kappa shape index (κ3) is 6.16. The first kappa shape index (κ1) is 29.5. The van der Waals surface area contributed by atoms with Gasteiger partial charge in [-0.15, -0.1) is 0 Å². The number of H-pyrrole nitrogens is 1. The number of nitrogens with one attached hydrogen (secondary N) is 2. The number of nitrogens with zero attached hydrogens (tertiary/aromatic N) is 3. The minimum atomic E-state index is -0.202. The summed E-state index contributed by atoms with van der Waals surface area (Å²) in [6.07, 6.45) is 7.48. The van der Waals surface area contributed by atoms with Gasteiger partial charge in [0.25, 0.3) is 5.56 Å². The van der Waals surface area contributed by atoms with Crippen LogP contribution in [0.2, 0.25) is 0 Å². The molecule has 0 radical (unpaired) electrons. The minimum Gasteiger partial charge on any atom is -0.372 e. The molecule has 0 saturated carbocycles. The van der Waals surface area contributed by atoms with Crippen LogP contribution in [0.1, 0.15) is 110 Å². The van der Waals surface area contributed by atoms with E-state index < -0.39 is 0 Å². The van der Waals surface area contributed by atoms with Crippen molar-refractivity contribution >= 4 is 28.3 Å². The Kier molecular flexibility index (Phi) is 9.86. The first-order valence-electron chi connectivity index (χ1n) is 14.6. The molecule has 0 aliphatic carbocycles. The van der Waals surface area contributed by atoms with Crippen LogP contribution in [-0.4, -0.2) is 27.7 Å². The van der Waals surface area contributed by atoms with Crippen molar-refractivity contribution in [3.05, 3.63) is 57.6 Å². The van der Waals surface area contributed by atoms with Gasteiger partial charge in [0.2, 0.25) is 0 Å². The summed E-state index contributed by atoms with van der Waals surface area (Å²) in [5, 5.41) is 6.96. The van der Waals surface area contributed by atoms with Crippen LogP contribution >= 0.6 is 0 Å². The predicted octanol–water partition coefficient (Wildman–Crippen LogP) is 8.15. The molecule has 0 spiro atoms. The summed E-state index contributed by atoms with van der Waals surface area (Å²) < 4.78 is 1.63. The van der Waals surface area contributed by atoms with Gasteiger partial charge in [0.15, 0.2) is 5.65 Å². The van der Waals surface area contributed by atoms with Crippen LogP contribution in [0.5, 0.6) is 0 Å². The summed E-state index contributed by atoms with van der Waals surface area (Å²) in [6.45, 7) is 23.4. The molecule has 0 aliphatic heterocycles. The summed E-state index contributed by atoms with van der Waals surface area (Å²) in [5.74, 6) is 0. The second kappa shape index (κ2) is 12.7. The summed E-state index contributed by atoms with van der Waals surface area (Å²) >= 11 is 0. The molecule has 3 aromatic rings. The van der Waals surface area contributed by atoms with Crippen LogP contribution in [0.3, 0.4) is 0 Å². The molecule has 6 heteroatoms. The number of aromatic nitrogens is 3. The molecule has 0 bridgehead atoms. The SMILES string of the molecule is C=C(C)c1[nH]n2c(=O)c(CCCCCCC)c(C(C)(C)CC)nc2c1Nc1ccc(N(CC)CC)cc1C. The zero-order chi connectivity index (χ0) is 28.0. The van der Waals surface area contributed by atoms with E-state index in [-0.39, 0.29) is 11.0 Å². The molecule has 0 fully saturated rings. The van der Waals surface area contributed by atoms with Crippen molar-refractivity contribution in [1.29, 1.82) is 0 Å². The second-order valence-electron chi connectivity index (χ2n) is 11.2. The third-order valence-corrected chi connectivity index (χ3v) is 7.95. The van der Waals surface area contributed by atoms with Gasteiger partial charge in [-0.1, -0.05) is 60.0 Å². The van der Waals surface area contributed by atoms with Gasteiger partial charge >= 0.3 is 0 Å². The lowest BCUT2D eigenvalue weighted by Crippen LogP contribution is -2.29. The molecule has 0 saturated heterocycles. The maximum atomic E-state index is 14.0. The molecule has 3 rings (SSSR count). The molecule has 6 nitrogen and oxygen atoms in total. The van der Waals surface area contributed by atoms with Crippen LogP contribution in [0, 0.1) is 6.92 Å². The number of benzene rings is 1. The second-order valence-corrected chi connectivity index (χ2v) is 11.2. The zero-order valence-electron chi connectivity index (χ0n) is 25.1. The van der Waals surface area contributed by atoms with Crippen molar-refractivity contribution in [3.8, 4) is 0 Å². The first-order chi connectivity index (χ1) is 18.1. The number of allylic oxidation sites excluding steroid dienone is 1. The van der Waals surface area contributed by atoms with E-state index in [9.17, 15) is 4.79 Å². The molecular weight excluding hydrogens is 470 g/mol. The van der Waals surface area contributed by atoms with Gasteiger partial charge in [-0.2, -0.15) is 4.52 Å². The van der Waals surface area contributed by atoms with Gasteiger partial charge < -0.3 is 10.2 Å². The summed E-state index contributed by atoms with van der Waals surface area (Å²) in [6, 6.07) is 6.49. The lowest BCUT2D eigenvalue weighted by molar-refractivity contribution is 0.480. The summed E-state index contributed by atoms with van der Waals surface area (Å²) in [4.78, 5) is 21.5. The number of aromatic amines is 1. The van der Waals surface area contributed by atoms with Gasteiger partial charge in [0.05, 0.1) is 11.4 Å². The highest BCUT2D eigenvalue weighted by molar-refractivity contribution is 5.86. The number of unbranched alkanes of at least 4 members (excludes halogenated alkanes) is 4. The van der Waals surface area contributed by atoms with Crippen molar-refractivity contribution in [2.75, 3.05) is 23.3 Å². The Morgan fingerprint density at radius 3 is 2.37 bits per heavy atom. The summed E-state index contributed by atoms with van der Waals surface area (Å²) in [5.41, 5.74) is 8.00. The van der Waals surface area contributed by atoms with Crippen LogP contribution in [0.25, 0.3) is 11.2 Å². The Morgan fingerprint density at radius 1 is 1.11 bits per heavy atom. The largest absolute Gasteiger partial charge is 0.372 e. The maximum Gasteiger partial charge on any atom is 0.276 e. The molecule has 38 heavy (non-hydrogen) atoms. The fraction of sp³-hybridized carbons (Fsp3) is 0.562. The van der Waals surface area contributed by atoms with E-state index >= 15 is 0 Å². The van der Waals surface area contributed by atoms with E-state index in [1.165, 1.54) is 24.9 Å². The number of hydrogen-bond donors (Lipinski definition) is 2. The van der Waals surface area contributed by atoms with Crippen LogP contribution in [0.4, 0.5) is 17.1 Å². The highest BCUT2D eigenvalue weighted by atomic mass is 16.1. The third-order valence-electron chi connectivity index (χ3n) is 7.95. The van der Waals surface area contributed by atoms with E-state index in [4.69, 9.17) is 4.98 Å². The quantitative estimate of drug-likeness (QED) is 0.211. The highest BCUT2D eigenvalue weighted by Crippen LogP contribution is 2.34. The molecule has 0 aliphatic rings. The smallest absolute Gasteiger partial charge is 0.276 e. The van der Waals surface area contributed by atoms with Gasteiger partial charge in [-0.3, -0.25) is 9.89 Å². The number of fused-ring (bicyclic) bond motifs is 1. The van der Waals surface area contributed by atoms with Crippen molar-refractivity contribution in [1.82, 2.24) is 14.6 Å². The van der Waals surface area contributed by atoms with E-state index in [1.807, 2.05) is 6.92 Å². The molecule has 2 N–H and O–H groups in total. The lowest BCUT2D eigenvalue weighted by atomic mass is 9.83. The predicted molar refractivity (Wildman–Crippen MR) is 164 cm³/mol. The Labute approximate surface area is 229 Å². The van der Waals surface area contributed by atoms with E-state index in [0.717, 1.165) is 78.2 Å².